The van der Waals surface area contributed by atoms with Crippen LogP contribution < -0.4 is 20.4 Å². The maximum Gasteiger partial charge on any atom is 0.336 e. The van der Waals surface area contributed by atoms with Crippen LogP contribution in [0.15, 0.2) is 56.6 Å². The molecule has 0 unspecified atom stereocenters. The normalized spacial score (nSPS) is 12.8. The van der Waals surface area contributed by atoms with Crippen LogP contribution in [0.25, 0.3) is 11.0 Å². The van der Waals surface area contributed by atoms with Gasteiger partial charge in [-0.15, -0.1) is 11.8 Å². The number of benzene rings is 2. The van der Waals surface area contributed by atoms with E-state index in [0.717, 1.165) is 21.6 Å². The van der Waals surface area contributed by atoms with Crippen molar-refractivity contribution in [1.82, 2.24) is 0 Å². The smallest absolute Gasteiger partial charge is 0.336 e. The zero-order valence-electron chi connectivity index (χ0n) is 14.6. The van der Waals surface area contributed by atoms with Gasteiger partial charge >= 0.3 is 5.63 Å². The van der Waals surface area contributed by atoms with Crippen molar-refractivity contribution in [3.05, 3.63) is 58.4 Å². The third-order valence-corrected chi connectivity index (χ3v) is 5.11. The molecule has 1 aromatic heterocycles. The fourth-order valence-corrected chi connectivity index (χ4v) is 3.59. The van der Waals surface area contributed by atoms with Gasteiger partial charge in [-0.2, -0.15) is 0 Å². The number of amides is 1. The number of hydrogen-bond acceptors (Lipinski definition) is 6. The summed E-state index contributed by atoms with van der Waals surface area (Å²) in [6, 6.07) is 12.4. The minimum Gasteiger partial charge on any atom is -0.486 e. The second kappa shape index (κ2) is 7.36. The molecule has 1 aliphatic heterocycles. The first-order valence-electron chi connectivity index (χ1n) is 8.45. The van der Waals surface area contributed by atoms with Gasteiger partial charge in [0.05, 0.1) is 5.75 Å². The average Bonchev–Trinajstić information content (AvgIpc) is 2.66. The lowest BCUT2D eigenvalue weighted by molar-refractivity contribution is -0.113. The Hall–Kier alpha value is -2.93. The number of fused-ring (bicyclic) bond motifs is 2. The van der Waals surface area contributed by atoms with Gasteiger partial charge in [0.25, 0.3) is 0 Å². The number of rotatable bonds is 4. The van der Waals surface area contributed by atoms with E-state index in [9.17, 15) is 9.59 Å². The first kappa shape index (κ1) is 17.5. The van der Waals surface area contributed by atoms with E-state index in [-0.39, 0.29) is 11.7 Å². The lowest BCUT2D eigenvalue weighted by Crippen LogP contribution is -2.15. The minimum absolute atomic E-state index is 0.149. The molecule has 138 valence electrons. The first-order valence-corrected chi connectivity index (χ1v) is 9.44. The molecule has 3 aromatic rings. The van der Waals surface area contributed by atoms with Crippen LogP contribution in [0.3, 0.4) is 0 Å². The predicted octanol–water partition coefficient (Wildman–Crippen LogP) is 3.60. The van der Waals surface area contributed by atoms with Gasteiger partial charge in [0.1, 0.15) is 18.8 Å². The topological polar surface area (TPSA) is 77.8 Å². The van der Waals surface area contributed by atoms with Crippen molar-refractivity contribution in [2.75, 3.05) is 24.3 Å². The van der Waals surface area contributed by atoms with Crippen LogP contribution >= 0.6 is 11.8 Å². The Bertz CT molecular complexity index is 1080. The van der Waals surface area contributed by atoms with Crippen LogP contribution in [0.4, 0.5) is 5.69 Å². The second-order valence-electron chi connectivity index (χ2n) is 6.10. The van der Waals surface area contributed by atoms with E-state index in [1.807, 2.05) is 31.2 Å². The summed E-state index contributed by atoms with van der Waals surface area (Å²) >= 11 is 1.41. The van der Waals surface area contributed by atoms with Gasteiger partial charge in [0, 0.05) is 28.1 Å². The van der Waals surface area contributed by atoms with Crippen LogP contribution in [-0.2, 0) is 4.79 Å². The van der Waals surface area contributed by atoms with Gasteiger partial charge in [-0.1, -0.05) is 0 Å². The Morgan fingerprint density at radius 3 is 2.74 bits per heavy atom. The molecule has 0 bridgehead atoms. The van der Waals surface area contributed by atoms with E-state index >= 15 is 0 Å². The maximum absolute atomic E-state index is 12.3. The van der Waals surface area contributed by atoms with Crippen molar-refractivity contribution in [2.24, 2.45) is 0 Å². The van der Waals surface area contributed by atoms with Gasteiger partial charge in [-0.05, 0) is 42.8 Å². The summed E-state index contributed by atoms with van der Waals surface area (Å²) in [5, 5.41) is 3.67. The standard InChI is InChI=1S/C20H17NO5S/c1-12-8-20(23)26-17-9-13(2-4-15(12)17)21-19(22)11-27-14-3-5-16-18(10-14)25-7-6-24-16/h2-5,8-10H,6-7,11H2,1H3,(H,21,22). The molecule has 1 N–H and O–H groups in total. The Morgan fingerprint density at radius 1 is 1.07 bits per heavy atom. The molecule has 0 saturated heterocycles. The minimum atomic E-state index is -0.405. The van der Waals surface area contributed by atoms with Gasteiger partial charge in [0.15, 0.2) is 11.5 Å². The SMILES string of the molecule is Cc1cc(=O)oc2cc(NC(=O)CSc3ccc4c(c3)OCCO4)ccc12. The van der Waals surface area contributed by atoms with E-state index in [1.54, 1.807) is 12.1 Å². The van der Waals surface area contributed by atoms with E-state index in [4.69, 9.17) is 13.9 Å². The van der Waals surface area contributed by atoms with Crippen molar-refractivity contribution in [3.63, 3.8) is 0 Å². The summed E-state index contributed by atoms with van der Waals surface area (Å²) in [5.41, 5.74) is 1.48. The number of carbonyl (C=O) groups excluding carboxylic acids is 1. The molecule has 0 spiro atoms. The van der Waals surface area contributed by atoms with Crippen molar-refractivity contribution >= 4 is 34.3 Å². The van der Waals surface area contributed by atoms with E-state index in [1.165, 1.54) is 17.8 Å². The zero-order chi connectivity index (χ0) is 18.8. The molecule has 2 aromatic carbocycles. The van der Waals surface area contributed by atoms with Crippen LogP contribution in [0.1, 0.15) is 5.56 Å². The Morgan fingerprint density at radius 2 is 1.89 bits per heavy atom. The molecule has 6 nitrogen and oxygen atoms in total. The average molecular weight is 383 g/mol. The number of anilines is 1. The molecule has 7 heteroatoms. The third-order valence-electron chi connectivity index (χ3n) is 4.12. The molecule has 1 amide bonds. The summed E-state index contributed by atoms with van der Waals surface area (Å²) in [5.74, 6) is 1.52. The molecular formula is C20H17NO5S. The predicted molar refractivity (Wildman–Crippen MR) is 104 cm³/mol. The molecule has 1 aliphatic rings. The highest BCUT2D eigenvalue weighted by atomic mass is 32.2. The Labute approximate surface area is 159 Å². The summed E-state index contributed by atoms with van der Waals surface area (Å²) in [7, 11) is 0. The summed E-state index contributed by atoms with van der Waals surface area (Å²) in [6.45, 7) is 2.92. The molecule has 0 atom stereocenters. The van der Waals surface area contributed by atoms with Crippen molar-refractivity contribution in [3.8, 4) is 11.5 Å². The quantitative estimate of drug-likeness (QED) is 0.548. The zero-order valence-corrected chi connectivity index (χ0v) is 15.4. The van der Waals surface area contributed by atoms with Crippen molar-refractivity contribution < 1.29 is 18.7 Å². The van der Waals surface area contributed by atoms with Crippen molar-refractivity contribution in [2.45, 2.75) is 11.8 Å². The third kappa shape index (κ3) is 3.93. The monoisotopic (exact) mass is 383 g/mol. The first-order chi connectivity index (χ1) is 13.1. The highest BCUT2D eigenvalue weighted by Gasteiger charge is 2.13. The molecule has 2 heterocycles. The molecule has 0 radical (unpaired) electrons. The van der Waals surface area contributed by atoms with E-state index in [0.29, 0.717) is 30.2 Å². The summed E-state index contributed by atoms with van der Waals surface area (Å²) in [4.78, 5) is 24.7. The number of carbonyl (C=O) groups is 1. The highest BCUT2D eigenvalue weighted by molar-refractivity contribution is 8.00. The van der Waals surface area contributed by atoms with Crippen LogP contribution in [0.5, 0.6) is 11.5 Å². The van der Waals surface area contributed by atoms with Gasteiger partial charge < -0.3 is 19.2 Å². The second-order valence-corrected chi connectivity index (χ2v) is 7.15. The lowest BCUT2D eigenvalue weighted by atomic mass is 10.1. The molecule has 27 heavy (non-hydrogen) atoms. The molecule has 0 saturated carbocycles. The fraction of sp³-hybridized carbons (Fsp3) is 0.200. The molecule has 4 rings (SSSR count). The Kier molecular flexibility index (Phi) is 4.77. The van der Waals surface area contributed by atoms with Crippen LogP contribution in [0, 0.1) is 6.92 Å². The van der Waals surface area contributed by atoms with Crippen molar-refractivity contribution in [1.29, 1.82) is 0 Å². The fourth-order valence-electron chi connectivity index (χ4n) is 2.86. The highest BCUT2D eigenvalue weighted by Crippen LogP contribution is 2.34. The summed E-state index contributed by atoms with van der Waals surface area (Å²) in [6.07, 6.45) is 0. The molecule has 0 fully saturated rings. The van der Waals surface area contributed by atoms with E-state index in [2.05, 4.69) is 5.32 Å². The molecular weight excluding hydrogens is 366 g/mol. The van der Waals surface area contributed by atoms with Crippen LogP contribution in [-0.4, -0.2) is 24.9 Å². The maximum atomic E-state index is 12.3. The number of thioether (sulfide) groups is 1. The lowest BCUT2D eigenvalue weighted by Gasteiger charge is -2.18. The van der Waals surface area contributed by atoms with E-state index < -0.39 is 5.63 Å². The van der Waals surface area contributed by atoms with Gasteiger partial charge in [-0.25, -0.2) is 4.79 Å². The Balaban J connectivity index is 1.42. The largest absolute Gasteiger partial charge is 0.486 e. The number of nitrogens with one attached hydrogen (secondary N) is 1. The molecule has 0 aliphatic carbocycles. The van der Waals surface area contributed by atoms with Crippen LogP contribution in [0.2, 0.25) is 0 Å². The summed E-state index contributed by atoms with van der Waals surface area (Å²) < 4.78 is 16.3. The van der Waals surface area contributed by atoms with Gasteiger partial charge in [-0.3, -0.25) is 4.79 Å². The number of ether oxygens (including phenoxy) is 2. The number of hydrogen-bond donors (Lipinski definition) is 1. The number of aryl methyl sites for hydroxylation is 1. The van der Waals surface area contributed by atoms with Gasteiger partial charge in [0.2, 0.25) is 5.91 Å².